The Hall–Kier alpha value is -1.51. The Labute approximate surface area is 103 Å². The first kappa shape index (κ1) is 13.6. The van der Waals surface area contributed by atoms with Crippen molar-refractivity contribution in [2.24, 2.45) is 0 Å². The highest BCUT2D eigenvalue weighted by Gasteiger charge is 2.21. The molecule has 0 atom stereocenters. The van der Waals surface area contributed by atoms with Crippen LogP contribution in [0.15, 0.2) is 24.3 Å². The maximum atomic E-state index is 12.4. The van der Waals surface area contributed by atoms with Crippen LogP contribution in [0, 0.1) is 0 Å². The molecule has 1 rings (SSSR count). The van der Waals surface area contributed by atoms with Gasteiger partial charge >= 0.3 is 0 Å². The third-order valence-corrected chi connectivity index (χ3v) is 2.66. The molecular formula is C14H21NO2. The number of hydrogen-bond donors (Lipinski definition) is 0. The summed E-state index contributed by atoms with van der Waals surface area (Å²) in [7, 11) is 1.60. The monoisotopic (exact) mass is 235 g/mol. The predicted molar refractivity (Wildman–Crippen MR) is 69.4 cm³/mol. The van der Waals surface area contributed by atoms with Gasteiger partial charge in [0, 0.05) is 17.6 Å². The number of carbonyl (C=O) groups excluding carboxylic acids is 1. The molecule has 0 unspecified atom stereocenters. The van der Waals surface area contributed by atoms with Crippen molar-refractivity contribution in [2.75, 3.05) is 7.11 Å². The topological polar surface area (TPSA) is 29.5 Å². The fourth-order valence-corrected chi connectivity index (χ4v) is 1.97. The quantitative estimate of drug-likeness (QED) is 0.803. The zero-order valence-corrected chi connectivity index (χ0v) is 11.2. The molecule has 0 saturated heterocycles. The lowest BCUT2D eigenvalue weighted by molar-refractivity contribution is 0.0643. The van der Waals surface area contributed by atoms with E-state index in [4.69, 9.17) is 4.74 Å². The number of amides is 1. The number of rotatable bonds is 4. The first-order valence-corrected chi connectivity index (χ1v) is 5.94. The van der Waals surface area contributed by atoms with Crippen molar-refractivity contribution < 1.29 is 9.53 Å². The van der Waals surface area contributed by atoms with Crippen LogP contribution in [-0.4, -0.2) is 30.0 Å². The molecule has 0 aromatic heterocycles. The Morgan fingerprint density at radius 1 is 1.18 bits per heavy atom. The molecule has 0 bridgehead atoms. The van der Waals surface area contributed by atoms with Crippen molar-refractivity contribution in [3.63, 3.8) is 0 Å². The van der Waals surface area contributed by atoms with Gasteiger partial charge in [-0.05, 0) is 45.9 Å². The van der Waals surface area contributed by atoms with Crippen LogP contribution in [0.25, 0.3) is 0 Å². The van der Waals surface area contributed by atoms with Gasteiger partial charge in [0.2, 0.25) is 0 Å². The standard InChI is InChI=1S/C14H21NO2/c1-10(2)15(11(3)4)14(16)12-7-6-8-13(9-12)17-5/h6-11H,1-5H3. The van der Waals surface area contributed by atoms with Crippen molar-refractivity contribution >= 4 is 5.91 Å². The van der Waals surface area contributed by atoms with E-state index in [2.05, 4.69) is 0 Å². The first-order valence-electron chi connectivity index (χ1n) is 5.94. The van der Waals surface area contributed by atoms with Crippen LogP contribution in [0.1, 0.15) is 38.1 Å². The summed E-state index contributed by atoms with van der Waals surface area (Å²) in [6.07, 6.45) is 0. The van der Waals surface area contributed by atoms with Crippen molar-refractivity contribution in [1.82, 2.24) is 4.90 Å². The fraction of sp³-hybridized carbons (Fsp3) is 0.500. The third kappa shape index (κ3) is 3.22. The Kier molecular flexibility index (Phi) is 4.55. The molecule has 0 heterocycles. The van der Waals surface area contributed by atoms with E-state index in [9.17, 15) is 4.79 Å². The summed E-state index contributed by atoms with van der Waals surface area (Å²) in [5.41, 5.74) is 0.673. The van der Waals surface area contributed by atoms with Crippen LogP contribution in [0.3, 0.4) is 0 Å². The number of methoxy groups -OCH3 is 1. The van der Waals surface area contributed by atoms with Gasteiger partial charge in [-0.25, -0.2) is 0 Å². The van der Waals surface area contributed by atoms with Crippen LogP contribution in [-0.2, 0) is 0 Å². The molecule has 0 spiro atoms. The maximum Gasteiger partial charge on any atom is 0.254 e. The lowest BCUT2D eigenvalue weighted by atomic mass is 10.1. The Balaban J connectivity index is 3.01. The molecule has 0 aliphatic heterocycles. The third-order valence-electron chi connectivity index (χ3n) is 2.66. The molecule has 3 nitrogen and oxygen atoms in total. The molecular weight excluding hydrogens is 214 g/mol. The molecule has 0 radical (unpaired) electrons. The summed E-state index contributed by atoms with van der Waals surface area (Å²) in [6, 6.07) is 7.65. The number of nitrogens with zero attached hydrogens (tertiary/aromatic N) is 1. The van der Waals surface area contributed by atoms with Crippen LogP contribution >= 0.6 is 0 Å². The van der Waals surface area contributed by atoms with E-state index in [1.54, 1.807) is 13.2 Å². The number of ether oxygens (including phenoxy) is 1. The molecule has 0 fully saturated rings. The average molecular weight is 235 g/mol. The molecule has 3 heteroatoms. The smallest absolute Gasteiger partial charge is 0.254 e. The molecule has 17 heavy (non-hydrogen) atoms. The predicted octanol–water partition coefficient (Wildman–Crippen LogP) is 2.95. The fourth-order valence-electron chi connectivity index (χ4n) is 1.97. The summed E-state index contributed by atoms with van der Waals surface area (Å²) >= 11 is 0. The summed E-state index contributed by atoms with van der Waals surface area (Å²) in [5, 5.41) is 0. The van der Waals surface area contributed by atoms with Crippen molar-refractivity contribution in [1.29, 1.82) is 0 Å². The summed E-state index contributed by atoms with van der Waals surface area (Å²) in [4.78, 5) is 14.2. The minimum Gasteiger partial charge on any atom is -0.497 e. The minimum absolute atomic E-state index is 0.0499. The second kappa shape index (κ2) is 5.71. The van der Waals surface area contributed by atoms with Gasteiger partial charge in [-0.1, -0.05) is 6.07 Å². The second-order valence-electron chi connectivity index (χ2n) is 4.63. The van der Waals surface area contributed by atoms with Crippen molar-refractivity contribution in [2.45, 2.75) is 39.8 Å². The molecule has 0 N–H and O–H groups in total. The SMILES string of the molecule is COc1cccc(C(=O)N(C(C)C)C(C)C)c1. The minimum atomic E-state index is 0.0499. The Morgan fingerprint density at radius 2 is 1.76 bits per heavy atom. The van der Waals surface area contributed by atoms with E-state index in [1.807, 2.05) is 50.8 Å². The highest BCUT2D eigenvalue weighted by molar-refractivity contribution is 5.95. The van der Waals surface area contributed by atoms with Crippen LogP contribution in [0.2, 0.25) is 0 Å². The zero-order chi connectivity index (χ0) is 13.0. The van der Waals surface area contributed by atoms with Gasteiger partial charge in [0.05, 0.1) is 7.11 Å². The molecule has 0 aliphatic carbocycles. The normalized spacial score (nSPS) is 10.8. The van der Waals surface area contributed by atoms with Crippen LogP contribution in [0.4, 0.5) is 0 Å². The van der Waals surface area contributed by atoms with E-state index >= 15 is 0 Å². The Bertz CT molecular complexity index is 378. The van der Waals surface area contributed by atoms with E-state index in [0.29, 0.717) is 11.3 Å². The van der Waals surface area contributed by atoms with E-state index in [1.165, 1.54) is 0 Å². The summed E-state index contributed by atoms with van der Waals surface area (Å²) in [6.45, 7) is 8.10. The molecule has 0 aliphatic rings. The largest absolute Gasteiger partial charge is 0.497 e. The van der Waals surface area contributed by atoms with E-state index in [0.717, 1.165) is 0 Å². The highest BCUT2D eigenvalue weighted by atomic mass is 16.5. The number of benzene rings is 1. The van der Waals surface area contributed by atoms with Gasteiger partial charge in [0.15, 0.2) is 0 Å². The van der Waals surface area contributed by atoms with Crippen LogP contribution in [0.5, 0.6) is 5.75 Å². The van der Waals surface area contributed by atoms with Crippen LogP contribution < -0.4 is 4.74 Å². The van der Waals surface area contributed by atoms with Gasteiger partial charge < -0.3 is 9.64 Å². The molecule has 0 saturated carbocycles. The molecule has 1 aromatic rings. The summed E-state index contributed by atoms with van der Waals surface area (Å²) in [5.74, 6) is 0.761. The van der Waals surface area contributed by atoms with Gasteiger partial charge in [0.25, 0.3) is 5.91 Å². The summed E-state index contributed by atoms with van der Waals surface area (Å²) < 4.78 is 5.13. The number of carbonyl (C=O) groups is 1. The van der Waals surface area contributed by atoms with Gasteiger partial charge in [-0.2, -0.15) is 0 Å². The van der Waals surface area contributed by atoms with Crippen molar-refractivity contribution in [3.05, 3.63) is 29.8 Å². The van der Waals surface area contributed by atoms with E-state index < -0.39 is 0 Å². The molecule has 94 valence electrons. The lowest BCUT2D eigenvalue weighted by Crippen LogP contribution is -2.42. The zero-order valence-electron chi connectivity index (χ0n) is 11.2. The van der Waals surface area contributed by atoms with E-state index in [-0.39, 0.29) is 18.0 Å². The average Bonchev–Trinajstić information content (AvgIpc) is 2.28. The highest BCUT2D eigenvalue weighted by Crippen LogP contribution is 2.17. The van der Waals surface area contributed by atoms with Gasteiger partial charge in [-0.15, -0.1) is 0 Å². The first-order chi connectivity index (χ1) is 7.97. The van der Waals surface area contributed by atoms with Gasteiger partial charge in [-0.3, -0.25) is 4.79 Å². The number of hydrogen-bond acceptors (Lipinski definition) is 2. The van der Waals surface area contributed by atoms with Crippen molar-refractivity contribution in [3.8, 4) is 5.75 Å². The molecule has 1 amide bonds. The maximum absolute atomic E-state index is 12.4. The van der Waals surface area contributed by atoms with Gasteiger partial charge in [0.1, 0.15) is 5.75 Å². The lowest BCUT2D eigenvalue weighted by Gasteiger charge is -2.30. The molecule has 1 aromatic carbocycles. The Morgan fingerprint density at radius 3 is 2.24 bits per heavy atom. The second-order valence-corrected chi connectivity index (χ2v) is 4.63.